The molecule has 0 aromatic rings. The van der Waals surface area contributed by atoms with Crippen LogP contribution in [0.5, 0.6) is 0 Å². The highest BCUT2D eigenvalue weighted by Crippen LogP contribution is 2.55. The Morgan fingerprint density at radius 1 is 0.852 bits per heavy atom. The van der Waals surface area contributed by atoms with Crippen molar-refractivity contribution >= 4 is 0 Å². The second-order valence-electron chi connectivity index (χ2n) is 11.8. The van der Waals surface area contributed by atoms with Crippen molar-refractivity contribution in [3.05, 3.63) is 0 Å². The minimum Gasteiger partial charge on any atom is -0.381 e. The zero-order valence-electron chi connectivity index (χ0n) is 18.6. The van der Waals surface area contributed by atoms with Gasteiger partial charge in [0.25, 0.3) is 0 Å². The highest BCUT2D eigenvalue weighted by Gasteiger charge is 2.46. The molecule has 156 valence electrons. The molecule has 0 aromatic carbocycles. The van der Waals surface area contributed by atoms with Gasteiger partial charge in [0.1, 0.15) is 0 Å². The lowest BCUT2D eigenvalue weighted by Gasteiger charge is -2.48. The van der Waals surface area contributed by atoms with Gasteiger partial charge in [-0.3, -0.25) is 0 Å². The van der Waals surface area contributed by atoms with Gasteiger partial charge in [-0.1, -0.05) is 46.5 Å². The van der Waals surface area contributed by atoms with Gasteiger partial charge in [-0.15, -0.1) is 0 Å². The van der Waals surface area contributed by atoms with Crippen LogP contribution in [0, 0.1) is 40.4 Å². The van der Waals surface area contributed by atoms with Crippen molar-refractivity contribution in [2.45, 2.75) is 111 Å². The Hall–Kier alpha value is -0.0400. The Bertz CT molecular complexity index is 467. The molecule has 1 nitrogen and oxygen atoms in total. The Labute approximate surface area is 169 Å². The van der Waals surface area contributed by atoms with Crippen LogP contribution in [0.1, 0.15) is 111 Å². The maximum atomic E-state index is 5.91. The third kappa shape index (κ3) is 4.29. The first-order valence-electron chi connectivity index (χ1n) is 12.6. The molecule has 0 N–H and O–H groups in total. The first-order chi connectivity index (χ1) is 13.0. The summed E-state index contributed by atoms with van der Waals surface area (Å²) in [5.41, 5.74) is 1.32. The largest absolute Gasteiger partial charge is 0.381 e. The zero-order chi connectivity index (χ0) is 18.9. The van der Waals surface area contributed by atoms with E-state index in [1.54, 1.807) is 25.7 Å². The summed E-state index contributed by atoms with van der Waals surface area (Å²) >= 11 is 0. The average molecular weight is 375 g/mol. The summed E-state index contributed by atoms with van der Waals surface area (Å²) in [5.74, 6) is 4.80. The molecule has 4 fully saturated rings. The van der Waals surface area contributed by atoms with Crippen LogP contribution in [0.2, 0.25) is 0 Å². The highest BCUT2D eigenvalue weighted by atomic mass is 16.5. The van der Waals surface area contributed by atoms with Crippen molar-refractivity contribution in [2.75, 3.05) is 13.2 Å². The van der Waals surface area contributed by atoms with Crippen LogP contribution >= 0.6 is 0 Å². The van der Waals surface area contributed by atoms with Crippen molar-refractivity contribution in [1.29, 1.82) is 0 Å². The molecule has 4 aliphatic rings. The van der Waals surface area contributed by atoms with Gasteiger partial charge in [0.05, 0.1) is 6.61 Å². The fraction of sp³-hybridized carbons (Fsp3) is 1.00. The first kappa shape index (κ1) is 20.2. The van der Waals surface area contributed by atoms with Crippen LogP contribution in [0.4, 0.5) is 0 Å². The van der Waals surface area contributed by atoms with Crippen molar-refractivity contribution in [3.63, 3.8) is 0 Å². The molecule has 4 atom stereocenters. The van der Waals surface area contributed by atoms with Gasteiger partial charge in [0, 0.05) is 6.61 Å². The molecule has 1 heterocycles. The quantitative estimate of drug-likeness (QED) is 0.491. The summed E-state index contributed by atoms with van der Waals surface area (Å²) in [7, 11) is 0. The van der Waals surface area contributed by atoms with Crippen LogP contribution in [0.3, 0.4) is 0 Å². The zero-order valence-corrected chi connectivity index (χ0v) is 18.6. The van der Waals surface area contributed by atoms with E-state index in [2.05, 4.69) is 20.8 Å². The molecule has 3 saturated carbocycles. The highest BCUT2D eigenvalue weighted by molar-refractivity contribution is 4.96. The average Bonchev–Trinajstić information content (AvgIpc) is 3.13. The van der Waals surface area contributed by atoms with E-state index < -0.39 is 0 Å². The Balaban J connectivity index is 1.31. The van der Waals surface area contributed by atoms with E-state index in [1.165, 1.54) is 64.2 Å². The third-order valence-electron chi connectivity index (χ3n) is 9.84. The molecule has 4 unspecified atom stereocenters. The topological polar surface area (TPSA) is 9.23 Å². The number of ether oxygens (including phenoxy) is 1. The van der Waals surface area contributed by atoms with Crippen LogP contribution in [0.15, 0.2) is 0 Å². The van der Waals surface area contributed by atoms with Gasteiger partial charge in [-0.2, -0.15) is 0 Å². The molecule has 3 aliphatic carbocycles. The standard InChI is InChI=1S/C26H46O/c1-20(2)23-7-6-11-25(18-23)13-9-22(10-14-25)17-21(3)24-8-4-5-12-26(24)15-16-27-19-26/h20-24H,4-19H2,1-3H3. The van der Waals surface area contributed by atoms with E-state index in [4.69, 9.17) is 4.74 Å². The van der Waals surface area contributed by atoms with Gasteiger partial charge >= 0.3 is 0 Å². The van der Waals surface area contributed by atoms with Gasteiger partial charge < -0.3 is 4.74 Å². The molecule has 0 amide bonds. The van der Waals surface area contributed by atoms with Crippen molar-refractivity contribution < 1.29 is 4.74 Å². The molecule has 0 aromatic heterocycles. The van der Waals surface area contributed by atoms with Crippen molar-refractivity contribution in [3.8, 4) is 0 Å². The summed E-state index contributed by atoms with van der Waals surface area (Å²) in [4.78, 5) is 0. The molecule has 4 rings (SSSR count). The normalized spacial score (nSPS) is 44.2. The summed E-state index contributed by atoms with van der Waals surface area (Å²) in [6.45, 7) is 9.64. The third-order valence-corrected chi connectivity index (χ3v) is 9.84. The first-order valence-corrected chi connectivity index (χ1v) is 12.6. The van der Waals surface area contributed by atoms with Gasteiger partial charge in [0.2, 0.25) is 0 Å². The summed E-state index contributed by atoms with van der Waals surface area (Å²) in [6.07, 6.45) is 21.0. The van der Waals surface area contributed by atoms with E-state index in [1.807, 2.05) is 0 Å². The fourth-order valence-electron chi connectivity index (χ4n) is 8.07. The number of hydrogen-bond donors (Lipinski definition) is 0. The predicted octanol–water partition coefficient (Wildman–Crippen LogP) is 7.63. The monoisotopic (exact) mass is 374 g/mol. The fourth-order valence-corrected chi connectivity index (χ4v) is 8.07. The van der Waals surface area contributed by atoms with E-state index in [0.29, 0.717) is 5.41 Å². The van der Waals surface area contributed by atoms with Crippen LogP contribution in [0.25, 0.3) is 0 Å². The smallest absolute Gasteiger partial charge is 0.0526 e. The van der Waals surface area contributed by atoms with Crippen molar-refractivity contribution in [2.24, 2.45) is 40.4 Å². The second-order valence-corrected chi connectivity index (χ2v) is 11.8. The van der Waals surface area contributed by atoms with E-state index in [0.717, 1.165) is 48.2 Å². The lowest BCUT2D eigenvalue weighted by atomic mass is 9.57. The summed E-state index contributed by atoms with van der Waals surface area (Å²) in [6, 6.07) is 0. The van der Waals surface area contributed by atoms with Crippen LogP contribution < -0.4 is 0 Å². The lowest BCUT2D eigenvalue weighted by molar-refractivity contribution is 0.0151. The Morgan fingerprint density at radius 3 is 2.37 bits per heavy atom. The molecule has 1 heteroatoms. The van der Waals surface area contributed by atoms with Crippen LogP contribution in [-0.2, 0) is 4.74 Å². The van der Waals surface area contributed by atoms with Gasteiger partial charge in [0.15, 0.2) is 0 Å². The minimum atomic E-state index is 0.571. The van der Waals surface area contributed by atoms with E-state index in [-0.39, 0.29) is 0 Å². The SMILES string of the molecule is CC(C)C1CCCC2(CCC(CC(C)C3CCCCC34CCOC4)CC2)C1. The number of rotatable bonds is 4. The molecule has 1 aliphatic heterocycles. The maximum Gasteiger partial charge on any atom is 0.0526 e. The molecule has 2 spiro atoms. The number of hydrogen-bond acceptors (Lipinski definition) is 1. The molecular weight excluding hydrogens is 328 g/mol. The molecular formula is C26H46O. The predicted molar refractivity (Wildman–Crippen MR) is 115 cm³/mol. The summed E-state index contributed by atoms with van der Waals surface area (Å²) < 4.78 is 5.91. The Morgan fingerprint density at radius 2 is 1.67 bits per heavy atom. The van der Waals surface area contributed by atoms with Crippen molar-refractivity contribution in [1.82, 2.24) is 0 Å². The molecule has 1 saturated heterocycles. The van der Waals surface area contributed by atoms with E-state index in [9.17, 15) is 0 Å². The lowest BCUT2D eigenvalue weighted by Crippen LogP contribution is -2.39. The molecule has 0 radical (unpaired) electrons. The van der Waals surface area contributed by atoms with Gasteiger partial charge in [-0.25, -0.2) is 0 Å². The molecule has 0 bridgehead atoms. The molecule has 27 heavy (non-hydrogen) atoms. The summed E-state index contributed by atoms with van der Waals surface area (Å²) in [5, 5.41) is 0. The van der Waals surface area contributed by atoms with Gasteiger partial charge in [-0.05, 0) is 105 Å². The van der Waals surface area contributed by atoms with E-state index >= 15 is 0 Å². The maximum absolute atomic E-state index is 5.91. The minimum absolute atomic E-state index is 0.571. The van der Waals surface area contributed by atoms with Crippen LogP contribution in [-0.4, -0.2) is 13.2 Å². The second kappa shape index (κ2) is 8.37. The Kier molecular flexibility index (Phi) is 6.27.